The first-order chi connectivity index (χ1) is 6.77. The SMILES string of the molecule is C=CCC(=O)NC(CC(=O)O)C(C)(C)C. The molecule has 0 spiro atoms. The average molecular weight is 213 g/mol. The summed E-state index contributed by atoms with van der Waals surface area (Å²) in [5.41, 5.74) is -0.269. The summed E-state index contributed by atoms with van der Waals surface area (Å²) in [5, 5.41) is 11.4. The second-order valence-corrected chi connectivity index (χ2v) is 4.58. The number of carbonyl (C=O) groups excluding carboxylic acids is 1. The molecule has 0 aliphatic carbocycles. The van der Waals surface area contributed by atoms with E-state index in [9.17, 15) is 9.59 Å². The van der Waals surface area contributed by atoms with Gasteiger partial charge in [-0.2, -0.15) is 0 Å². The van der Waals surface area contributed by atoms with Gasteiger partial charge < -0.3 is 10.4 Å². The Bertz CT molecular complexity index is 253. The van der Waals surface area contributed by atoms with Crippen LogP contribution in [-0.2, 0) is 9.59 Å². The Balaban J connectivity index is 4.44. The summed E-state index contributed by atoms with van der Waals surface area (Å²) >= 11 is 0. The van der Waals surface area contributed by atoms with Crippen molar-refractivity contribution in [2.45, 2.75) is 39.7 Å². The number of carboxylic acid groups (broad SMARTS) is 1. The van der Waals surface area contributed by atoms with Crippen molar-refractivity contribution in [2.24, 2.45) is 5.41 Å². The van der Waals surface area contributed by atoms with Gasteiger partial charge in [0.25, 0.3) is 0 Å². The fourth-order valence-electron chi connectivity index (χ4n) is 1.13. The predicted octanol–water partition coefficient (Wildman–Crippen LogP) is 1.57. The Morgan fingerprint density at radius 2 is 2.00 bits per heavy atom. The topological polar surface area (TPSA) is 66.4 Å². The fourth-order valence-corrected chi connectivity index (χ4v) is 1.13. The maximum Gasteiger partial charge on any atom is 0.305 e. The highest BCUT2D eigenvalue weighted by Gasteiger charge is 2.27. The van der Waals surface area contributed by atoms with E-state index in [4.69, 9.17) is 5.11 Å². The molecule has 0 saturated heterocycles. The Morgan fingerprint density at radius 3 is 2.33 bits per heavy atom. The molecule has 15 heavy (non-hydrogen) atoms. The number of aliphatic carboxylic acids is 1. The van der Waals surface area contributed by atoms with Crippen LogP contribution >= 0.6 is 0 Å². The van der Waals surface area contributed by atoms with Gasteiger partial charge in [-0.25, -0.2) is 0 Å². The molecule has 4 heteroatoms. The molecule has 1 amide bonds. The standard InChI is InChI=1S/C11H19NO3/c1-5-6-9(13)12-8(7-10(14)15)11(2,3)4/h5,8H,1,6-7H2,2-4H3,(H,12,13)(H,14,15). The van der Waals surface area contributed by atoms with Crippen molar-refractivity contribution in [3.63, 3.8) is 0 Å². The molecular weight excluding hydrogens is 194 g/mol. The van der Waals surface area contributed by atoms with Gasteiger partial charge in [-0.3, -0.25) is 9.59 Å². The molecule has 1 unspecified atom stereocenters. The zero-order valence-corrected chi connectivity index (χ0v) is 9.54. The van der Waals surface area contributed by atoms with Gasteiger partial charge in [0, 0.05) is 12.5 Å². The first-order valence-electron chi connectivity index (χ1n) is 4.89. The molecule has 0 fully saturated rings. The highest BCUT2D eigenvalue weighted by Crippen LogP contribution is 2.21. The minimum absolute atomic E-state index is 0.0631. The molecule has 0 aromatic rings. The van der Waals surface area contributed by atoms with Crippen LogP contribution in [-0.4, -0.2) is 23.0 Å². The third kappa shape index (κ3) is 5.88. The third-order valence-corrected chi connectivity index (χ3v) is 2.09. The molecule has 0 heterocycles. The third-order valence-electron chi connectivity index (χ3n) is 2.09. The van der Waals surface area contributed by atoms with Crippen LogP contribution < -0.4 is 5.32 Å². The number of carboxylic acids is 1. The summed E-state index contributed by atoms with van der Waals surface area (Å²) in [4.78, 5) is 21.9. The molecule has 1 atom stereocenters. The number of rotatable bonds is 5. The number of hydrogen-bond acceptors (Lipinski definition) is 2. The summed E-state index contributed by atoms with van der Waals surface area (Å²) in [6.07, 6.45) is 1.65. The summed E-state index contributed by atoms with van der Waals surface area (Å²) in [6.45, 7) is 9.15. The second-order valence-electron chi connectivity index (χ2n) is 4.58. The summed E-state index contributed by atoms with van der Waals surface area (Å²) in [6, 6.07) is -0.359. The lowest BCUT2D eigenvalue weighted by molar-refractivity contribution is -0.138. The van der Waals surface area contributed by atoms with Crippen LogP contribution in [0.1, 0.15) is 33.6 Å². The Hall–Kier alpha value is -1.32. The molecule has 0 bridgehead atoms. The number of nitrogens with one attached hydrogen (secondary N) is 1. The minimum atomic E-state index is -0.908. The lowest BCUT2D eigenvalue weighted by atomic mass is 9.84. The van der Waals surface area contributed by atoms with E-state index in [1.54, 1.807) is 0 Å². The molecule has 0 aliphatic rings. The Morgan fingerprint density at radius 1 is 1.47 bits per heavy atom. The normalized spacial score (nSPS) is 13.0. The zero-order valence-electron chi connectivity index (χ0n) is 9.54. The second kappa shape index (κ2) is 5.53. The summed E-state index contributed by atoms with van der Waals surface area (Å²) in [7, 11) is 0. The van der Waals surface area contributed by atoms with Crippen molar-refractivity contribution in [1.29, 1.82) is 0 Å². The minimum Gasteiger partial charge on any atom is -0.481 e. The quantitative estimate of drug-likeness (QED) is 0.681. The van der Waals surface area contributed by atoms with Crippen molar-refractivity contribution in [3.05, 3.63) is 12.7 Å². The van der Waals surface area contributed by atoms with E-state index in [0.717, 1.165) is 0 Å². The molecular formula is C11H19NO3. The van der Waals surface area contributed by atoms with Crippen molar-refractivity contribution >= 4 is 11.9 Å². The first kappa shape index (κ1) is 13.7. The molecule has 0 aromatic carbocycles. The van der Waals surface area contributed by atoms with Crippen LogP contribution in [0.5, 0.6) is 0 Å². The maximum absolute atomic E-state index is 11.3. The lowest BCUT2D eigenvalue weighted by Gasteiger charge is -2.30. The predicted molar refractivity (Wildman–Crippen MR) is 58.5 cm³/mol. The molecule has 0 saturated carbocycles. The molecule has 0 rings (SSSR count). The van der Waals surface area contributed by atoms with Gasteiger partial charge in [-0.05, 0) is 5.41 Å². The van der Waals surface area contributed by atoms with Crippen LogP contribution in [0, 0.1) is 5.41 Å². The molecule has 0 aromatic heterocycles. The van der Waals surface area contributed by atoms with Crippen molar-refractivity contribution < 1.29 is 14.7 Å². The molecule has 0 radical (unpaired) electrons. The van der Waals surface area contributed by atoms with Crippen molar-refractivity contribution in [3.8, 4) is 0 Å². The van der Waals surface area contributed by atoms with Crippen LogP contribution in [0.4, 0.5) is 0 Å². The largest absolute Gasteiger partial charge is 0.481 e. The van der Waals surface area contributed by atoms with Gasteiger partial charge in [-0.15, -0.1) is 6.58 Å². The van der Waals surface area contributed by atoms with E-state index in [2.05, 4.69) is 11.9 Å². The fraction of sp³-hybridized carbons (Fsp3) is 0.636. The Kier molecular flexibility index (Phi) is 5.05. The van der Waals surface area contributed by atoms with E-state index < -0.39 is 5.97 Å². The number of amides is 1. The summed E-state index contributed by atoms with van der Waals surface area (Å²) in [5.74, 6) is -1.10. The lowest BCUT2D eigenvalue weighted by Crippen LogP contribution is -2.44. The smallest absolute Gasteiger partial charge is 0.305 e. The monoisotopic (exact) mass is 213 g/mol. The van der Waals surface area contributed by atoms with Crippen molar-refractivity contribution in [2.75, 3.05) is 0 Å². The first-order valence-corrected chi connectivity index (χ1v) is 4.89. The molecule has 4 nitrogen and oxygen atoms in total. The van der Waals surface area contributed by atoms with E-state index in [0.29, 0.717) is 0 Å². The number of carbonyl (C=O) groups is 2. The summed E-state index contributed by atoms with van der Waals surface area (Å²) < 4.78 is 0. The van der Waals surface area contributed by atoms with E-state index in [1.165, 1.54) is 6.08 Å². The van der Waals surface area contributed by atoms with Gasteiger partial charge >= 0.3 is 5.97 Å². The zero-order chi connectivity index (χ0) is 12.1. The van der Waals surface area contributed by atoms with E-state index >= 15 is 0 Å². The maximum atomic E-state index is 11.3. The van der Waals surface area contributed by atoms with Crippen LogP contribution in [0.3, 0.4) is 0 Å². The van der Waals surface area contributed by atoms with E-state index in [1.807, 2.05) is 20.8 Å². The van der Waals surface area contributed by atoms with Gasteiger partial charge in [0.2, 0.25) is 5.91 Å². The molecule has 86 valence electrons. The van der Waals surface area contributed by atoms with Crippen LogP contribution in [0.15, 0.2) is 12.7 Å². The number of hydrogen-bond donors (Lipinski definition) is 2. The molecule has 0 aliphatic heterocycles. The molecule has 2 N–H and O–H groups in total. The van der Waals surface area contributed by atoms with Gasteiger partial charge in [0.15, 0.2) is 0 Å². The van der Waals surface area contributed by atoms with Gasteiger partial charge in [-0.1, -0.05) is 26.8 Å². The van der Waals surface area contributed by atoms with Gasteiger partial charge in [0.1, 0.15) is 0 Å². The Labute approximate surface area is 90.4 Å². The van der Waals surface area contributed by atoms with Crippen molar-refractivity contribution in [1.82, 2.24) is 5.32 Å². The highest BCUT2D eigenvalue weighted by atomic mass is 16.4. The average Bonchev–Trinajstić information content (AvgIpc) is 2.00. The van der Waals surface area contributed by atoms with Crippen LogP contribution in [0.25, 0.3) is 0 Å². The van der Waals surface area contributed by atoms with E-state index in [-0.39, 0.29) is 30.2 Å². The van der Waals surface area contributed by atoms with Gasteiger partial charge in [0.05, 0.1) is 6.42 Å². The van der Waals surface area contributed by atoms with Crippen LogP contribution in [0.2, 0.25) is 0 Å². The highest BCUT2D eigenvalue weighted by molar-refractivity contribution is 5.78.